The summed E-state index contributed by atoms with van der Waals surface area (Å²) in [6, 6.07) is 26.2. The lowest BCUT2D eigenvalue weighted by atomic mass is 9.98. The van der Waals surface area contributed by atoms with E-state index in [1.165, 1.54) is 5.39 Å². The van der Waals surface area contributed by atoms with Crippen molar-refractivity contribution in [1.82, 2.24) is 4.57 Å². The molecule has 0 spiro atoms. The van der Waals surface area contributed by atoms with Crippen LogP contribution in [0, 0.1) is 0 Å². The van der Waals surface area contributed by atoms with E-state index in [0.29, 0.717) is 18.9 Å². The van der Waals surface area contributed by atoms with E-state index >= 15 is 0 Å². The van der Waals surface area contributed by atoms with Crippen LogP contribution in [0.4, 0.5) is 0 Å². The Morgan fingerprint density at radius 2 is 1.64 bits per heavy atom. The van der Waals surface area contributed by atoms with Crippen LogP contribution in [0.15, 0.2) is 88.1 Å². The van der Waals surface area contributed by atoms with Gasteiger partial charge in [-0.25, -0.2) is 0 Å². The zero-order valence-electron chi connectivity index (χ0n) is 18.0. The number of nitrogens with zero attached hydrogens (tertiary/aromatic N) is 1. The Balaban J connectivity index is 1.61. The molecule has 6 rings (SSSR count). The normalized spacial score (nSPS) is 12.7. The molecule has 0 amide bonds. The van der Waals surface area contributed by atoms with Crippen LogP contribution in [-0.2, 0) is 13.2 Å². The summed E-state index contributed by atoms with van der Waals surface area (Å²) in [4.78, 5) is 13.1. The maximum absolute atomic E-state index is 13.1. The van der Waals surface area contributed by atoms with Gasteiger partial charge in [-0.3, -0.25) is 4.79 Å². The van der Waals surface area contributed by atoms with Crippen LogP contribution in [0.3, 0.4) is 0 Å². The average Bonchev–Trinajstić information content (AvgIpc) is 2.83. The molecule has 0 atom stereocenters. The van der Waals surface area contributed by atoms with E-state index < -0.39 is 0 Å². The number of halogens is 1. The quantitative estimate of drug-likeness (QED) is 0.278. The molecule has 5 heteroatoms. The SMILES string of the molecule is COc1ccc(-c2cc(Br)c3c4c2ccc(=O)n4Cc2cc4ccccc4cc2CO3)cc1. The minimum absolute atomic E-state index is 0.0489. The first kappa shape index (κ1) is 20.1. The number of rotatable bonds is 2. The molecule has 0 saturated heterocycles. The predicted molar refractivity (Wildman–Crippen MR) is 135 cm³/mol. The van der Waals surface area contributed by atoms with Crippen molar-refractivity contribution in [3.63, 3.8) is 0 Å². The first-order valence-corrected chi connectivity index (χ1v) is 11.6. The van der Waals surface area contributed by atoms with Crippen molar-refractivity contribution in [2.75, 3.05) is 7.11 Å². The van der Waals surface area contributed by atoms with Crippen molar-refractivity contribution in [3.8, 4) is 22.6 Å². The van der Waals surface area contributed by atoms with Gasteiger partial charge in [-0.2, -0.15) is 0 Å². The Morgan fingerprint density at radius 3 is 2.36 bits per heavy atom. The van der Waals surface area contributed by atoms with Gasteiger partial charge < -0.3 is 14.0 Å². The fraction of sp³-hybridized carbons (Fsp3) is 0.107. The molecular formula is C28H20BrNO3. The minimum atomic E-state index is -0.0489. The summed E-state index contributed by atoms with van der Waals surface area (Å²) < 4.78 is 14.3. The van der Waals surface area contributed by atoms with E-state index in [1.54, 1.807) is 13.2 Å². The standard InChI is InChI=1S/C28H20BrNO3/c1-32-22-8-6-17(7-9-22)24-14-25(29)28-27-23(24)10-11-26(31)30(27)15-20-12-18-4-2-3-5-19(18)13-21(20)16-33-28/h2-14H,15-16H2,1H3. The lowest BCUT2D eigenvalue weighted by molar-refractivity contribution is 0.302. The van der Waals surface area contributed by atoms with Crippen LogP contribution in [0.1, 0.15) is 11.1 Å². The summed E-state index contributed by atoms with van der Waals surface area (Å²) in [7, 11) is 1.66. The molecule has 4 nitrogen and oxygen atoms in total. The van der Waals surface area contributed by atoms with Gasteiger partial charge in [0.25, 0.3) is 5.56 Å². The number of aromatic nitrogens is 1. The van der Waals surface area contributed by atoms with Crippen LogP contribution in [0.2, 0.25) is 0 Å². The second-order valence-electron chi connectivity index (χ2n) is 8.24. The van der Waals surface area contributed by atoms with Crippen LogP contribution in [0.25, 0.3) is 32.8 Å². The van der Waals surface area contributed by atoms with Gasteiger partial charge in [-0.15, -0.1) is 0 Å². The highest BCUT2D eigenvalue weighted by molar-refractivity contribution is 9.10. The zero-order valence-corrected chi connectivity index (χ0v) is 19.6. The number of pyridine rings is 1. The Bertz CT molecular complexity index is 1600. The minimum Gasteiger partial charge on any atom is -0.497 e. The molecule has 1 aliphatic rings. The Labute approximate surface area is 199 Å². The summed E-state index contributed by atoms with van der Waals surface area (Å²) in [6.45, 7) is 0.935. The first-order valence-electron chi connectivity index (χ1n) is 10.8. The molecule has 0 aliphatic carbocycles. The van der Waals surface area contributed by atoms with Crippen molar-refractivity contribution in [2.24, 2.45) is 0 Å². The Hall–Kier alpha value is -3.57. The maximum atomic E-state index is 13.1. The van der Waals surface area contributed by atoms with Crippen LogP contribution < -0.4 is 15.0 Å². The second-order valence-corrected chi connectivity index (χ2v) is 9.09. The van der Waals surface area contributed by atoms with Gasteiger partial charge >= 0.3 is 0 Å². The van der Waals surface area contributed by atoms with E-state index in [-0.39, 0.29) is 5.56 Å². The van der Waals surface area contributed by atoms with E-state index in [4.69, 9.17) is 9.47 Å². The summed E-state index contributed by atoms with van der Waals surface area (Å²) in [6.07, 6.45) is 0. The highest BCUT2D eigenvalue weighted by Gasteiger charge is 2.21. The highest BCUT2D eigenvalue weighted by atomic mass is 79.9. The van der Waals surface area contributed by atoms with E-state index in [0.717, 1.165) is 48.8 Å². The number of hydrogen-bond acceptors (Lipinski definition) is 3. The maximum Gasteiger partial charge on any atom is 0.251 e. The molecule has 0 unspecified atom stereocenters. The molecule has 4 aromatic carbocycles. The van der Waals surface area contributed by atoms with Gasteiger partial charge in [-0.1, -0.05) is 36.4 Å². The molecule has 0 saturated carbocycles. The third-order valence-corrected chi connectivity index (χ3v) is 6.94. The molecule has 1 aromatic heterocycles. The van der Waals surface area contributed by atoms with Crippen molar-refractivity contribution < 1.29 is 9.47 Å². The summed E-state index contributed by atoms with van der Waals surface area (Å²) >= 11 is 3.72. The van der Waals surface area contributed by atoms with Crippen LogP contribution in [-0.4, -0.2) is 11.7 Å². The van der Waals surface area contributed by atoms with Gasteiger partial charge in [0.1, 0.15) is 12.4 Å². The smallest absolute Gasteiger partial charge is 0.251 e. The molecule has 162 valence electrons. The van der Waals surface area contributed by atoms with E-state index in [1.807, 2.05) is 47.0 Å². The third kappa shape index (κ3) is 3.31. The van der Waals surface area contributed by atoms with Crippen LogP contribution in [0.5, 0.6) is 11.5 Å². The van der Waals surface area contributed by atoms with Gasteiger partial charge in [0.05, 0.1) is 23.6 Å². The number of ether oxygens (including phenoxy) is 2. The molecule has 0 radical (unpaired) electrons. The van der Waals surface area contributed by atoms with Gasteiger partial charge in [0, 0.05) is 11.5 Å². The fourth-order valence-corrected chi connectivity index (χ4v) is 5.20. The fourth-order valence-electron chi connectivity index (χ4n) is 4.66. The lowest BCUT2D eigenvalue weighted by Crippen LogP contribution is -2.23. The highest BCUT2D eigenvalue weighted by Crippen LogP contribution is 2.41. The molecule has 0 N–H and O–H groups in total. The van der Waals surface area contributed by atoms with Crippen molar-refractivity contribution >= 4 is 37.6 Å². The zero-order chi connectivity index (χ0) is 22.5. The molecular weight excluding hydrogens is 478 g/mol. The van der Waals surface area contributed by atoms with Gasteiger partial charge in [0.15, 0.2) is 5.75 Å². The predicted octanol–water partition coefficient (Wildman–Crippen LogP) is 6.53. The monoisotopic (exact) mass is 497 g/mol. The lowest BCUT2D eigenvalue weighted by Gasteiger charge is -2.23. The molecule has 5 aromatic rings. The first-order chi connectivity index (χ1) is 16.1. The van der Waals surface area contributed by atoms with Crippen LogP contribution >= 0.6 is 15.9 Å². The number of fused-ring (bicyclic) bond motifs is 2. The Morgan fingerprint density at radius 1 is 0.909 bits per heavy atom. The van der Waals surface area contributed by atoms with Gasteiger partial charge in [0.2, 0.25) is 0 Å². The molecule has 0 bridgehead atoms. The topological polar surface area (TPSA) is 40.5 Å². The average molecular weight is 498 g/mol. The Kier molecular flexibility index (Phi) is 4.73. The van der Waals surface area contributed by atoms with E-state index in [9.17, 15) is 4.79 Å². The second kappa shape index (κ2) is 7.78. The largest absolute Gasteiger partial charge is 0.497 e. The molecule has 0 fully saturated rings. The number of methoxy groups -OCH3 is 1. The molecule has 33 heavy (non-hydrogen) atoms. The van der Waals surface area contributed by atoms with Crippen molar-refractivity contribution in [2.45, 2.75) is 13.2 Å². The number of hydrogen-bond donors (Lipinski definition) is 0. The number of benzene rings is 4. The van der Waals surface area contributed by atoms with Gasteiger partial charge in [-0.05, 0) is 85.4 Å². The van der Waals surface area contributed by atoms with Crippen molar-refractivity contribution in [1.29, 1.82) is 0 Å². The summed E-state index contributed by atoms with van der Waals surface area (Å²) in [5.41, 5.74) is 5.02. The third-order valence-electron chi connectivity index (χ3n) is 6.35. The summed E-state index contributed by atoms with van der Waals surface area (Å²) in [5, 5.41) is 3.30. The molecule has 2 heterocycles. The van der Waals surface area contributed by atoms with Crippen molar-refractivity contribution in [3.05, 3.63) is 105 Å². The van der Waals surface area contributed by atoms with E-state index in [2.05, 4.69) is 46.3 Å². The molecule has 1 aliphatic heterocycles. The summed E-state index contributed by atoms with van der Waals surface area (Å²) in [5.74, 6) is 1.50.